The number of thioether (sulfide) groups is 1. The van der Waals surface area contributed by atoms with Crippen LogP contribution in [0.4, 0.5) is 0 Å². The van der Waals surface area contributed by atoms with Crippen molar-refractivity contribution >= 4 is 41.0 Å². The number of furan rings is 1. The summed E-state index contributed by atoms with van der Waals surface area (Å²) in [5, 5.41) is 13.2. The van der Waals surface area contributed by atoms with Gasteiger partial charge < -0.3 is 13.9 Å². The van der Waals surface area contributed by atoms with Gasteiger partial charge in [-0.25, -0.2) is 15.2 Å². The van der Waals surface area contributed by atoms with E-state index in [-0.39, 0.29) is 17.2 Å². The van der Waals surface area contributed by atoms with Crippen LogP contribution in [0.5, 0.6) is 0 Å². The first-order valence-electron chi connectivity index (χ1n) is 8.82. The van der Waals surface area contributed by atoms with E-state index in [9.17, 15) is 9.59 Å². The van der Waals surface area contributed by atoms with Crippen LogP contribution in [-0.2, 0) is 4.79 Å². The van der Waals surface area contributed by atoms with Crippen molar-refractivity contribution in [1.82, 2.24) is 10.4 Å². The van der Waals surface area contributed by atoms with Gasteiger partial charge in [0.25, 0.3) is 11.1 Å². The van der Waals surface area contributed by atoms with Crippen molar-refractivity contribution in [2.24, 2.45) is 5.10 Å². The molecule has 0 bridgehead atoms. The monoisotopic (exact) mass is 421 g/mol. The molecule has 0 atom stereocenters. The van der Waals surface area contributed by atoms with Crippen molar-refractivity contribution in [3.05, 3.63) is 72.0 Å². The average molecular weight is 421 g/mol. The van der Waals surface area contributed by atoms with Crippen LogP contribution >= 0.6 is 11.8 Å². The fourth-order valence-corrected chi connectivity index (χ4v) is 3.23. The lowest BCUT2D eigenvalue weighted by Crippen LogP contribution is -2.19. The predicted molar refractivity (Wildman–Crippen MR) is 112 cm³/mol. The van der Waals surface area contributed by atoms with Gasteiger partial charge >= 0.3 is 5.97 Å². The molecule has 150 valence electrons. The van der Waals surface area contributed by atoms with Crippen LogP contribution in [0.25, 0.3) is 22.4 Å². The number of hydrazone groups is 1. The summed E-state index contributed by atoms with van der Waals surface area (Å²) in [5.41, 5.74) is 4.76. The standard InChI is InChI=1S/C21H15N3O5S/c25-19(12-30-21-23-16-3-1-2-4-18(16)29-21)24-22-11-15-9-10-17(28-15)13-5-7-14(8-6-13)20(26)27/h1-11H,12H2,(H,24,25)(H,26,27)/b22-11-. The highest BCUT2D eigenvalue weighted by atomic mass is 32.2. The Bertz CT molecular complexity index is 1190. The molecule has 0 aliphatic heterocycles. The molecule has 4 aromatic rings. The van der Waals surface area contributed by atoms with Gasteiger partial charge in [0.15, 0.2) is 5.58 Å². The number of benzene rings is 2. The second-order valence-corrected chi connectivity index (χ2v) is 7.04. The number of oxazole rings is 1. The summed E-state index contributed by atoms with van der Waals surface area (Å²) in [6.45, 7) is 0. The summed E-state index contributed by atoms with van der Waals surface area (Å²) in [7, 11) is 0. The zero-order chi connectivity index (χ0) is 20.9. The molecule has 2 aromatic heterocycles. The first-order valence-corrected chi connectivity index (χ1v) is 9.81. The van der Waals surface area contributed by atoms with Crippen LogP contribution in [-0.4, -0.2) is 33.9 Å². The van der Waals surface area contributed by atoms with Gasteiger partial charge in [-0.3, -0.25) is 4.79 Å². The Balaban J connectivity index is 1.29. The van der Waals surface area contributed by atoms with Crippen LogP contribution in [0.1, 0.15) is 16.1 Å². The lowest BCUT2D eigenvalue weighted by molar-refractivity contribution is -0.118. The van der Waals surface area contributed by atoms with Gasteiger partial charge in [-0.05, 0) is 36.4 Å². The fraction of sp³-hybridized carbons (Fsp3) is 0.0476. The van der Waals surface area contributed by atoms with E-state index in [1.165, 1.54) is 30.1 Å². The van der Waals surface area contributed by atoms with Gasteiger partial charge in [0.05, 0.1) is 17.5 Å². The van der Waals surface area contributed by atoms with Crippen molar-refractivity contribution in [2.75, 3.05) is 5.75 Å². The normalized spacial score (nSPS) is 11.2. The third-order valence-electron chi connectivity index (χ3n) is 4.03. The highest BCUT2D eigenvalue weighted by Gasteiger charge is 2.09. The van der Waals surface area contributed by atoms with Crippen LogP contribution in [0.3, 0.4) is 0 Å². The molecule has 2 heterocycles. The Morgan fingerprint density at radius 1 is 1.07 bits per heavy atom. The number of hydrogen-bond donors (Lipinski definition) is 2. The van der Waals surface area contributed by atoms with Gasteiger partial charge in [0.2, 0.25) is 0 Å². The Kier molecular flexibility index (Phi) is 5.62. The summed E-state index contributed by atoms with van der Waals surface area (Å²) >= 11 is 1.18. The first kappa shape index (κ1) is 19.5. The molecule has 0 saturated heterocycles. The quantitative estimate of drug-likeness (QED) is 0.263. The van der Waals surface area contributed by atoms with Crippen LogP contribution < -0.4 is 5.43 Å². The number of aromatic carboxylic acids is 1. The summed E-state index contributed by atoms with van der Waals surface area (Å²) in [6, 6.07) is 17.1. The summed E-state index contributed by atoms with van der Waals surface area (Å²) in [4.78, 5) is 27.1. The van der Waals surface area contributed by atoms with E-state index in [2.05, 4.69) is 15.5 Å². The smallest absolute Gasteiger partial charge is 0.335 e. The van der Waals surface area contributed by atoms with E-state index in [0.717, 1.165) is 11.1 Å². The minimum Gasteiger partial charge on any atom is -0.478 e. The lowest BCUT2D eigenvalue weighted by atomic mass is 10.1. The molecule has 4 rings (SSSR count). The van der Waals surface area contributed by atoms with Crippen molar-refractivity contribution < 1.29 is 23.5 Å². The molecule has 0 aliphatic carbocycles. The molecule has 0 aliphatic rings. The maximum absolute atomic E-state index is 11.9. The number of nitrogens with one attached hydrogen (secondary N) is 1. The highest BCUT2D eigenvalue weighted by Crippen LogP contribution is 2.23. The molecule has 0 unspecified atom stereocenters. The van der Waals surface area contributed by atoms with Crippen molar-refractivity contribution in [2.45, 2.75) is 5.22 Å². The number of carboxylic acids is 1. The maximum atomic E-state index is 11.9. The van der Waals surface area contributed by atoms with E-state index in [1.807, 2.05) is 24.3 Å². The number of carbonyl (C=O) groups excluding carboxylic acids is 1. The van der Waals surface area contributed by atoms with E-state index in [4.69, 9.17) is 13.9 Å². The maximum Gasteiger partial charge on any atom is 0.335 e. The van der Waals surface area contributed by atoms with E-state index >= 15 is 0 Å². The minimum absolute atomic E-state index is 0.101. The molecular weight excluding hydrogens is 406 g/mol. The first-order chi connectivity index (χ1) is 14.6. The van der Waals surface area contributed by atoms with Gasteiger partial charge in [-0.2, -0.15) is 5.10 Å². The van der Waals surface area contributed by atoms with Crippen molar-refractivity contribution in [1.29, 1.82) is 0 Å². The van der Waals surface area contributed by atoms with Crippen LogP contribution in [0.2, 0.25) is 0 Å². The molecule has 0 saturated carbocycles. The second kappa shape index (κ2) is 8.66. The van der Waals surface area contributed by atoms with Crippen molar-refractivity contribution in [3.8, 4) is 11.3 Å². The van der Waals surface area contributed by atoms with E-state index in [0.29, 0.717) is 22.3 Å². The number of carboxylic acid groups (broad SMARTS) is 1. The second-order valence-electron chi connectivity index (χ2n) is 6.11. The minimum atomic E-state index is -0.987. The SMILES string of the molecule is O=C(CSc1nc2ccccc2o1)N/N=C\c1ccc(-c2ccc(C(=O)O)cc2)o1. The Labute approximate surface area is 174 Å². The number of fused-ring (bicyclic) bond motifs is 1. The van der Waals surface area contributed by atoms with Crippen LogP contribution in [0.15, 0.2) is 79.8 Å². The predicted octanol–water partition coefficient (Wildman–Crippen LogP) is 4.03. The Morgan fingerprint density at radius 3 is 2.63 bits per heavy atom. The number of carbonyl (C=O) groups is 2. The zero-order valence-electron chi connectivity index (χ0n) is 15.4. The van der Waals surface area contributed by atoms with Gasteiger partial charge in [0.1, 0.15) is 17.0 Å². The average Bonchev–Trinajstić information content (AvgIpc) is 3.39. The molecule has 8 nitrogen and oxygen atoms in total. The molecule has 9 heteroatoms. The number of nitrogens with zero attached hydrogens (tertiary/aromatic N) is 2. The van der Waals surface area contributed by atoms with Gasteiger partial charge in [-0.15, -0.1) is 0 Å². The topological polar surface area (TPSA) is 118 Å². The number of amides is 1. The third kappa shape index (κ3) is 4.58. The molecular formula is C21H15N3O5S. The number of rotatable bonds is 7. The Morgan fingerprint density at radius 2 is 1.87 bits per heavy atom. The Hall–Kier alpha value is -3.85. The van der Waals surface area contributed by atoms with E-state index < -0.39 is 5.97 Å². The number of para-hydroxylation sites is 2. The molecule has 0 radical (unpaired) electrons. The van der Waals surface area contributed by atoms with Crippen molar-refractivity contribution in [3.63, 3.8) is 0 Å². The largest absolute Gasteiger partial charge is 0.478 e. The molecule has 2 N–H and O–H groups in total. The summed E-state index contributed by atoms with van der Waals surface area (Å²) < 4.78 is 11.2. The molecule has 2 aromatic carbocycles. The van der Waals surface area contributed by atoms with E-state index in [1.54, 1.807) is 24.3 Å². The zero-order valence-corrected chi connectivity index (χ0v) is 16.3. The molecule has 0 spiro atoms. The highest BCUT2D eigenvalue weighted by molar-refractivity contribution is 7.99. The molecule has 1 amide bonds. The molecule has 30 heavy (non-hydrogen) atoms. The van der Waals surface area contributed by atoms with Gasteiger partial charge in [-0.1, -0.05) is 36.0 Å². The summed E-state index contributed by atoms with van der Waals surface area (Å²) in [6.07, 6.45) is 1.39. The van der Waals surface area contributed by atoms with Crippen LogP contribution in [0, 0.1) is 0 Å². The lowest BCUT2D eigenvalue weighted by Gasteiger charge is -1.98. The number of aromatic nitrogens is 1. The fourth-order valence-electron chi connectivity index (χ4n) is 2.59. The third-order valence-corrected chi connectivity index (χ3v) is 4.85. The molecule has 0 fully saturated rings. The van der Waals surface area contributed by atoms with Gasteiger partial charge in [0, 0.05) is 5.56 Å². The summed E-state index contributed by atoms with van der Waals surface area (Å²) in [5.74, 6) is -0.192. The number of hydrogen-bond acceptors (Lipinski definition) is 7.